The lowest BCUT2D eigenvalue weighted by Crippen LogP contribution is -2.39. The molecule has 0 aliphatic heterocycles. The van der Waals surface area contributed by atoms with Crippen LogP contribution in [-0.2, 0) is 16.1 Å². The van der Waals surface area contributed by atoms with E-state index in [2.05, 4.69) is 15.6 Å². The average Bonchev–Trinajstić information content (AvgIpc) is 3.34. The molecule has 7 heteroatoms. The van der Waals surface area contributed by atoms with Crippen LogP contribution in [0.1, 0.15) is 18.5 Å². The Morgan fingerprint density at radius 3 is 2.38 bits per heavy atom. The Hall–Kier alpha value is -2.11. The minimum Gasteiger partial charge on any atom is -0.350 e. The molecule has 124 valence electrons. The smallest absolute Gasteiger partial charge is 0.240 e. The normalized spacial score (nSPS) is 14.8. The van der Waals surface area contributed by atoms with Crippen molar-refractivity contribution in [2.45, 2.75) is 19.4 Å². The lowest BCUT2D eigenvalue weighted by Gasteiger charge is -2.15. The average molecular weight is 364 g/mol. The Morgan fingerprint density at radius 1 is 1.08 bits per heavy atom. The predicted octanol–water partition coefficient (Wildman–Crippen LogP) is 3.42. The van der Waals surface area contributed by atoms with Crippen LogP contribution in [0.5, 0.6) is 0 Å². The summed E-state index contributed by atoms with van der Waals surface area (Å²) in [5.41, 5.74) is 0.189. The van der Waals surface area contributed by atoms with Crippen molar-refractivity contribution in [3.05, 3.63) is 58.3 Å². The maximum absolute atomic E-state index is 12.5. The zero-order valence-electron chi connectivity index (χ0n) is 12.7. The Labute approximate surface area is 149 Å². The van der Waals surface area contributed by atoms with E-state index >= 15 is 0 Å². The van der Waals surface area contributed by atoms with Crippen molar-refractivity contribution >= 4 is 40.7 Å². The predicted molar refractivity (Wildman–Crippen MR) is 92.8 cm³/mol. The molecule has 1 fully saturated rings. The van der Waals surface area contributed by atoms with Crippen molar-refractivity contribution in [3.63, 3.8) is 0 Å². The van der Waals surface area contributed by atoms with Gasteiger partial charge in [-0.25, -0.2) is 0 Å². The zero-order valence-corrected chi connectivity index (χ0v) is 14.2. The molecule has 0 bridgehead atoms. The molecule has 0 unspecified atom stereocenters. The van der Waals surface area contributed by atoms with Gasteiger partial charge in [0, 0.05) is 21.9 Å². The number of anilines is 1. The maximum atomic E-state index is 12.5. The number of amides is 2. The molecule has 3 rings (SSSR count). The number of carbonyl (C=O) groups excluding carboxylic acids is 2. The number of pyridine rings is 1. The molecule has 1 saturated carbocycles. The summed E-state index contributed by atoms with van der Waals surface area (Å²) in [5.74, 6) is -0.641. The van der Waals surface area contributed by atoms with Crippen molar-refractivity contribution < 1.29 is 9.59 Å². The molecule has 1 aromatic heterocycles. The van der Waals surface area contributed by atoms with E-state index in [0.29, 0.717) is 28.6 Å². The van der Waals surface area contributed by atoms with Gasteiger partial charge in [-0.3, -0.25) is 14.6 Å². The fraction of sp³-hybridized carbons (Fsp3) is 0.235. The van der Waals surface area contributed by atoms with Gasteiger partial charge in [0.25, 0.3) is 0 Å². The van der Waals surface area contributed by atoms with Crippen LogP contribution in [0.25, 0.3) is 0 Å². The molecule has 24 heavy (non-hydrogen) atoms. The van der Waals surface area contributed by atoms with Crippen molar-refractivity contribution in [2.24, 2.45) is 5.41 Å². The van der Waals surface area contributed by atoms with Gasteiger partial charge in [0.15, 0.2) is 0 Å². The third-order valence-corrected chi connectivity index (χ3v) is 4.33. The highest BCUT2D eigenvalue weighted by atomic mass is 35.5. The molecule has 5 nitrogen and oxygen atoms in total. The van der Waals surface area contributed by atoms with Gasteiger partial charge in [-0.1, -0.05) is 29.3 Å². The fourth-order valence-electron chi connectivity index (χ4n) is 2.40. The highest BCUT2D eigenvalue weighted by molar-refractivity contribution is 6.35. The summed E-state index contributed by atoms with van der Waals surface area (Å²) in [5, 5.41) is 6.34. The van der Waals surface area contributed by atoms with E-state index in [0.717, 1.165) is 5.69 Å². The van der Waals surface area contributed by atoms with Crippen LogP contribution in [0, 0.1) is 5.41 Å². The molecule has 2 aromatic rings. The molecule has 0 atom stereocenters. The third-order valence-electron chi connectivity index (χ3n) is 3.90. The minimum atomic E-state index is -1.02. The van der Waals surface area contributed by atoms with E-state index in [1.165, 1.54) is 0 Å². The lowest BCUT2D eigenvalue weighted by atomic mass is 10.0. The van der Waals surface area contributed by atoms with E-state index in [-0.39, 0.29) is 18.4 Å². The Morgan fingerprint density at radius 2 is 1.79 bits per heavy atom. The molecule has 0 spiro atoms. The third kappa shape index (κ3) is 3.68. The number of benzene rings is 1. The molecular weight excluding hydrogens is 349 g/mol. The number of hydrogen-bond acceptors (Lipinski definition) is 3. The van der Waals surface area contributed by atoms with Crippen LogP contribution in [0.2, 0.25) is 10.0 Å². The highest BCUT2D eigenvalue weighted by Crippen LogP contribution is 2.47. The van der Waals surface area contributed by atoms with Crippen LogP contribution >= 0.6 is 23.2 Å². The SMILES string of the molecule is O=C(NCc1ccccn1)C1(C(=O)Nc2cc(Cl)cc(Cl)c2)CC1. The summed E-state index contributed by atoms with van der Waals surface area (Å²) in [4.78, 5) is 29.1. The van der Waals surface area contributed by atoms with Crippen molar-refractivity contribution in [2.75, 3.05) is 5.32 Å². The number of nitrogens with one attached hydrogen (secondary N) is 2. The second-order valence-corrected chi connectivity index (χ2v) is 6.57. The zero-order chi connectivity index (χ0) is 17.2. The topological polar surface area (TPSA) is 71.1 Å². The monoisotopic (exact) mass is 363 g/mol. The van der Waals surface area contributed by atoms with Gasteiger partial charge in [0.1, 0.15) is 5.41 Å². The second-order valence-electron chi connectivity index (χ2n) is 5.70. The van der Waals surface area contributed by atoms with Gasteiger partial charge in [-0.15, -0.1) is 0 Å². The summed E-state index contributed by atoms with van der Waals surface area (Å²) >= 11 is 11.8. The van der Waals surface area contributed by atoms with Gasteiger partial charge in [0.2, 0.25) is 11.8 Å². The first kappa shape index (κ1) is 16.7. The number of halogens is 2. The molecule has 1 heterocycles. The molecule has 2 N–H and O–H groups in total. The van der Waals surface area contributed by atoms with Gasteiger partial charge in [0.05, 0.1) is 12.2 Å². The summed E-state index contributed by atoms with van der Waals surface area (Å²) in [6, 6.07) is 10.2. The van der Waals surface area contributed by atoms with Gasteiger partial charge in [-0.05, 0) is 43.2 Å². The number of aromatic nitrogens is 1. The van der Waals surface area contributed by atoms with Crippen molar-refractivity contribution in [3.8, 4) is 0 Å². The molecule has 0 saturated heterocycles. The van der Waals surface area contributed by atoms with E-state index < -0.39 is 5.41 Å². The van der Waals surface area contributed by atoms with E-state index in [9.17, 15) is 9.59 Å². The Kier molecular flexibility index (Phi) is 4.73. The summed E-state index contributed by atoms with van der Waals surface area (Å²) in [7, 11) is 0. The fourth-order valence-corrected chi connectivity index (χ4v) is 2.93. The first-order chi connectivity index (χ1) is 11.5. The minimum absolute atomic E-state index is 0.289. The quantitative estimate of drug-likeness (QED) is 0.799. The van der Waals surface area contributed by atoms with Crippen LogP contribution in [0.4, 0.5) is 5.69 Å². The van der Waals surface area contributed by atoms with Gasteiger partial charge in [-0.2, -0.15) is 0 Å². The number of hydrogen-bond donors (Lipinski definition) is 2. The number of rotatable bonds is 5. The standard InChI is InChI=1S/C17H15Cl2N3O2/c18-11-7-12(19)9-14(8-11)22-16(24)17(4-5-17)15(23)21-10-13-3-1-2-6-20-13/h1-3,6-9H,4-5,10H2,(H,21,23)(H,22,24). The number of carbonyl (C=O) groups is 2. The number of nitrogens with zero attached hydrogens (tertiary/aromatic N) is 1. The molecule has 1 aliphatic rings. The maximum Gasteiger partial charge on any atom is 0.240 e. The Bertz CT molecular complexity index is 756. The van der Waals surface area contributed by atoms with E-state index in [1.807, 2.05) is 12.1 Å². The molecule has 1 aliphatic carbocycles. The molecule has 2 amide bonds. The van der Waals surface area contributed by atoms with Crippen LogP contribution in [0.15, 0.2) is 42.6 Å². The lowest BCUT2D eigenvalue weighted by molar-refractivity contribution is -0.134. The van der Waals surface area contributed by atoms with Crippen molar-refractivity contribution in [1.82, 2.24) is 10.3 Å². The first-order valence-corrected chi connectivity index (χ1v) is 8.21. The van der Waals surface area contributed by atoms with Gasteiger partial charge >= 0.3 is 0 Å². The summed E-state index contributed by atoms with van der Waals surface area (Å²) < 4.78 is 0. The second kappa shape index (κ2) is 6.79. The van der Waals surface area contributed by atoms with E-state index in [4.69, 9.17) is 23.2 Å². The summed E-state index contributed by atoms with van der Waals surface area (Å²) in [6.45, 7) is 0.289. The van der Waals surface area contributed by atoms with Crippen molar-refractivity contribution in [1.29, 1.82) is 0 Å². The van der Waals surface area contributed by atoms with Crippen LogP contribution < -0.4 is 10.6 Å². The van der Waals surface area contributed by atoms with Gasteiger partial charge < -0.3 is 10.6 Å². The van der Waals surface area contributed by atoms with Crippen LogP contribution in [-0.4, -0.2) is 16.8 Å². The first-order valence-electron chi connectivity index (χ1n) is 7.45. The highest BCUT2D eigenvalue weighted by Gasteiger charge is 2.56. The molecular formula is C17H15Cl2N3O2. The largest absolute Gasteiger partial charge is 0.350 e. The Balaban J connectivity index is 1.64. The van der Waals surface area contributed by atoms with Crippen LogP contribution in [0.3, 0.4) is 0 Å². The summed E-state index contributed by atoms with van der Waals surface area (Å²) in [6.07, 6.45) is 2.69. The molecule has 0 radical (unpaired) electrons. The van der Waals surface area contributed by atoms with E-state index in [1.54, 1.807) is 30.5 Å². The molecule has 1 aromatic carbocycles.